The van der Waals surface area contributed by atoms with E-state index < -0.39 is 0 Å². The maximum Gasteiger partial charge on any atom is 0.138 e. The second-order valence-electron chi connectivity index (χ2n) is 4.76. The molecule has 0 amide bonds. The molecule has 0 fully saturated rings. The number of nitrogens with one attached hydrogen (secondary N) is 1. The van der Waals surface area contributed by atoms with E-state index in [1.165, 1.54) is 14.8 Å². The van der Waals surface area contributed by atoms with Gasteiger partial charge in [0.1, 0.15) is 17.0 Å². The number of rotatable bonds is 6. The van der Waals surface area contributed by atoms with Crippen LogP contribution in [0.15, 0.2) is 18.6 Å². The fourth-order valence-electron chi connectivity index (χ4n) is 2.14. The van der Waals surface area contributed by atoms with Crippen LogP contribution >= 0.6 is 22.7 Å². The van der Waals surface area contributed by atoms with Crippen LogP contribution in [0.5, 0.6) is 0 Å². The third-order valence-electron chi connectivity index (χ3n) is 3.31. The lowest BCUT2D eigenvalue weighted by atomic mass is 10.3. The zero-order chi connectivity index (χ0) is 14.7. The molecule has 0 aliphatic rings. The maximum absolute atomic E-state index is 4.45. The molecule has 0 spiro atoms. The molecule has 6 heteroatoms. The molecule has 0 radical (unpaired) electrons. The minimum absolute atomic E-state index is 0.847. The molecule has 4 nitrogen and oxygen atoms in total. The van der Waals surface area contributed by atoms with Crippen molar-refractivity contribution >= 4 is 38.7 Å². The Bertz CT molecular complexity index is 732. The molecule has 0 bridgehead atoms. The van der Waals surface area contributed by atoms with E-state index in [0.29, 0.717) is 0 Å². The van der Waals surface area contributed by atoms with Gasteiger partial charge in [0.15, 0.2) is 0 Å². The highest BCUT2D eigenvalue weighted by molar-refractivity contribution is 7.18. The van der Waals surface area contributed by atoms with Crippen molar-refractivity contribution in [1.82, 2.24) is 15.0 Å². The van der Waals surface area contributed by atoms with Crippen LogP contribution in [0.1, 0.15) is 28.6 Å². The molecule has 3 aromatic heterocycles. The first-order chi connectivity index (χ1) is 10.3. The topological polar surface area (TPSA) is 50.7 Å². The van der Waals surface area contributed by atoms with Gasteiger partial charge in [-0.25, -0.2) is 15.0 Å². The molecule has 1 N–H and O–H groups in total. The fraction of sp³-hybridized carbons (Fsp3) is 0.400. The monoisotopic (exact) mass is 318 g/mol. The van der Waals surface area contributed by atoms with Gasteiger partial charge in [-0.3, -0.25) is 0 Å². The molecule has 3 aromatic rings. The fourth-order valence-corrected chi connectivity index (χ4v) is 3.93. The number of aryl methyl sites for hydroxylation is 2. The number of anilines is 1. The second-order valence-corrected chi connectivity index (χ2v) is 7.07. The molecule has 3 rings (SSSR count). The minimum Gasteiger partial charge on any atom is -0.369 e. The zero-order valence-electron chi connectivity index (χ0n) is 12.2. The molecule has 0 atom stereocenters. The van der Waals surface area contributed by atoms with Crippen LogP contribution in [0.4, 0.5) is 5.82 Å². The highest BCUT2D eigenvalue weighted by Crippen LogP contribution is 2.28. The highest BCUT2D eigenvalue weighted by atomic mass is 32.1. The Hall–Kier alpha value is -1.53. The highest BCUT2D eigenvalue weighted by Gasteiger charge is 2.08. The molecular weight excluding hydrogens is 300 g/mol. The average Bonchev–Trinajstić information content (AvgIpc) is 3.13. The number of fused-ring (bicyclic) bond motifs is 1. The quantitative estimate of drug-likeness (QED) is 0.748. The SMILES string of the molecule is CCc1cnc(CCNc2ncnc3sc(CC)cc23)s1. The summed E-state index contributed by atoms with van der Waals surface area (Å²) in [7, 11) is 0. The van der Waals surface area contributed by atoms with Crippen molar-refractivity contribution in [3.05, 3.63) is 33.4 Å². The van der Waals surface area contributed by atoms with Gasteiger partial charge in [0.2, 0.25) is 0 Å². The lowest BCUT2D eigenvalue weighted by Crippen LogP contribution is -2.06. The number of aromatic nitrogens is 3. The van der Waals surface area contributed by atoms with Gasteiger partial charge in [-0.2, -0.15) is 0 Å². The summed E-state index contributed by atoms with van der Waals surface area (Å²) >= 11 is 3.54. The third kappa shape index (κ3) is 3.22. The standard InChI is InChI=1S/C15H18N4S2/c1-3-10-7-12-14(18-9-19-15(12)21-10)16-6-5-13-17-8-11(4-2)20-13/h7-9H,3-6H2,1-2H3,(H,16,18,19). The molecule has 21 heavy (non-hydrogen) atoms. The first kappa shape index (κ1) is 14.4. The summed E-state index contributed by atoms with van der Waals surface area (Å²) in [5.74, 6) is 0.934. The number of hydrogen-bond acceptors (Lipinski definition) is 6. The Labute approximate surface area is 132 Å². The van der Waals surface area contributed by atoms with Crippen molar-refractivity contribution in [1.29, 1.82) is 0 Å². The first-order valence-electron chi connectivity index (χ1n) is 7.21. The van der Waals surface area contributed by atoms with E-state index in [-0.39, 0.29) is 0 Å². The molecule has 0 saturated carbocycles. The summed E-state index contributed by atoms with van der Waals surface area (Å²) in [5.41, 5.74) is 0. The molecule has 0 saturated heterocycles. The van der Waals surface area contributed by atoms with E-state index in [0.717, 1.165) is 41.8 Å². The molecule has 0 aromatic carbocycles. The van der Waals surface area contributed by atoms with Gasteiger partial charge in [0.25, 0.3) is 0 Å². The van der Waals surface area contributed by atoms with Crippen molar-refractivity contribution in [3.63, 3.8) is 0 Å². The van der Waals surface area contributed by atoms with Crippen LogP contribution in [0, 0.1) is 0 Å². The number of nitrogens with zero attached hydrogens (tertiary/aromatic N) is 3. The lowest BCUT2D eigenvalue weighted by molar-refractivity contribution is 0.987. The van der Waals surface area contributed by atoms with Crippen LogP contribution in [0.25, 0.3) is 10.2 Å². The predicted molar refractivity (Wildman–Crippen MR) is 90.5 cm³/mol. The van der Waals surface area contributed by atoms with Gasteiger partial charge >= 0.3 is 0 Å². The smallest absolute Gasteiger partial charge is 0.138 e. The van der Waals surface area contributed by atoms with Gasteiger partial charge in [-0.15, -0.1) is 22.7 Å². The summed E-state index contributed by atoms with van der Waals surface area (Å²) in [6, 6.07) is 2.20. The van der Waals surface area contributed by atoms with E-state index in [1.54, 1.807) is 29.0 Å². The third-order valence-corrected chi connectivity index (χ3v) is 5.70. The van der Waals surface area contributed by atoms with E-state index in [2.05, 4.69) is 40.2 Å². The Kier molecular flexibility index (Phi) is 4.45. The van der Waals surface area contributed by atoms with Crippen LogP contribution in [-0.4, -0.2) is 21.5 Å². The van der Waals surface area contributed by atoms with Crippen molar-refractivity contribution < 1.29 is 0 Å². The van der Waals surface area contributed by atoms with E-state index >= 15 is 0 Å². The first-order valence-corrected chi connectivity index (χ1v) is 8.84. The van der Waals surface area contributed by atoms with Gasteiger partial charge < -0.3 is 5.32 Å². The van der Waals surface area contributed by atoms with E-state index in [1.807, 2.05) is 6.20 Å². The maximum atomic E-state index is 4.45. The minimum atomic E-state index is 0.847. The Morgan fingerprint density at radius 3 is 2.67 bits per heavy atom. The Morgan fingerprint density at radius 2 is 1.90 bits per heavy atom. The van der Waals surface area contributed by atoms with E-state index in [4.69, 9.17) is 0 Å². The van der Waals surface area contributed by atoms with Gasteiger partial charge in [-0.05, 0) is 18.9 Å². The molecule has 0 aliphatic heterocycles. The predicted octanol–water partition coefficient (Wildman–Crippen LogP) is 3.93. The average molecular weight is 318 g/mol. The Balaban J connectivity index is 1.68. The van der Waals surface area contributed by atoms with Gasteiger partial charge in [0.05, 0.1) is 10.4 Å². The van der Waals surface area contributed by atoms with Crippen LogP contribution < -0.4 is 5.32 Å². The summed E-state index contributed by atoms with van der Waals surface area (Å²) in [6.07, 6.45) is 6.65. The molecule has 0 aliphatic carbocycles. The van der Waals surface area contributed by atoms with Crippen molar-refractivity contribution in [2.75, 3.05) is 11.9 Å². The van der Waals surface area contributed by atoms with Crippen LogP contribution in [0.3, 0.4) is 0 Å². The summed E-state index contributed by atoms with van der Waals surface area (Å²) < 4.78 is 0. The molecule has 110 valence electrons. The van der Waals surface area contributed by atoms with Crippen LogP contribution in [0.2, 0.25) is 0 Å². The van der Waals surface area contributed by atoms with Crippen LogP contribution in [-0.2, 0) is 19.3 Å². The zero-order valence-corrected chi connectivity index (χ0v) is 13.9. The van der Waals surface area contributed by atoms with E-state index in [9.17, 15) is 0 Å². The Morgan fingerprint density at radius 1 is 1.05 bits per heavy atom. The number of thiazole rings is 1. The second kappa shape index (κ2) is 6.49. The summed E-state index contributed by atoms with van der Waals surface area (Å²) in [6.45, 7) is 5.17. The van der Waals surface area contributed by atoms with Crippen molar-refractivity contribution in [2.45, 2.75) is 33.1 Å². The number of thiophene rings is 1. The molecular formula is C15H18N4S2. The summed E-state index contributed by atoms with van der Waals surface area (Å²) in [4.78, 5) is 16.9. The normalized spacial score (nSPS) is 11.1. The summed E-state index contributed by atoms with van der Waals surface area (Å²) in [5, 5.41) is 5.74. The lowest BCUT2D eigenvalue weighted by Gasteiger charge is -2.04. The number of hydrogen-bond donors (Lipinski definition) is 1. The molecule has 0 unspecified atom stereocenters. The largest absolute Gasteiger partial charge is 0.369 e. The van der Waals surface area contributed by atoms with Gasteiger partial charge in [-0.1, -0.05) is 13.8 Å². The van der Waals surface area contributed by atoms with Crippen molar-refractivity contribution in [2.24, 2.45) is 0 Å². The molecule has 3 heterocycles. The van der Waals surface area contributed by atoms with Crippen molar-refractivity contribution in [3.8, 4) is 0 Å². The van der Waals surface area contributed by atoms with Gasteiger partial charge in [0, 0.05) is 28.9 Å².